The van der Waals surface area contributed by atoms with E-state index in [0.717, 1.165) is 17.7 Å². The largest absolute Gasteiger partial charge is 0.365 e. The van der Waals surface area contributed by atoms with Gasteiger partial charge in [-0.3, -0.25) is 9.59 Å². The predicted octanol–water partition coefficient (Wildman–Crippen LogP) is 2.72. The molecule has 0 spiro atoms. The number of hydrogen-bond donors (Lipinski definition) is 1. The van der Waals surface area contributed by atoms with Gasteiger partial charge in [-0.15, -0.1) is 0 Å². The number of benzene rings is 2. The maximum Gasteiger partial charge on any atom is 0.253 e. The first-order valence-corrected chi connectivity index (χ1v) is 8.92. The van der Waals surface area contributed by atoms with E-state index in [1.54, 1.807) is 17.0 Å². The summed E-state index contributed by atoms with van der Waals surface area (Å²) in [7, 11) is 0. The summed E-state index contributed by atoms with van der Waals surface area (Å²) in [6.45, 7) is 4.90. The van der Waals surface area contributed by atoms with Gasteiger partial charge in [-0.1, -0.05) is 36.8 Å². The second-order valence-corrected chi connectivity index (χ2v) is 6.53. The Morgan fingerprint density at radius 3 is 2.50 bits per heavy atom. The van der Waals surface area contributed by atoms with Crippen molar-refractivity contribution in [1.29, 1.82) is 0 Å². The van der Waals surface area contributed by atoms with Crippen LogP contribution >= 0.6 is 0 Å². The fourth-order valence-corrected chi connectivity index (χ4v) is 2.92. The van der Waals surface area contributed by atoms with Crippen LogP contribution in [0.4, 0.5) is 5.69 Å². The van der Waals surface area contributed by atoms with Crippen LogP contribution in [0.5, 0.6) is 0 Å². The minimum absolute atomic E-state index is 0.0284. The molecule has 0 aromatic heterocycles. The highest BCUT2D eigenvalue weighted by Gasteiger charge is 2.27. The van der Waals surface area contributed by atoms with E-state index in [1.807, 2.05) is 43.3 Å². The molecule has 0 bridgehead atoms. The van der Waals surface area contributed by atoms with E-state index in [1.165, 1.54) is 5.56 Å². The Hall–Kier alpha value is -2.66. The summed E-state index contributed by atoms with van der Waals surface area (Å²) in [6, 6.07) is 15.4. The predicted molar refractivity (Wildman–Crippen MR) is 101 cm³/mol. The third-order valence-corrected chi connectivity index (χ3v) is 4.59. The van der Waals surface area contributed by atoms with E-state index in [0.29, 0.717) is 18.7 Å². The standard InChI is InChI=1S/C21H24N2O3/c1-3-16-6-10-18(11-7-16)23-13-19(26-14-20(23)24)12-22-21(25)17-8-4-15(2)5-9-17/h4-11,19H,3,12-14H2,1-2H3,(H,22,25). The Kier molecular flexibility index (Phi) is 5.68. The van der Waals surface area contributed by atoms with E-state index in [-0.39, 0.29) is 24.5 Å². The first-order chi connectivity index (χ1) is 12.6. The number of carbonyl (C=O) groups excluding carboxylic acids is 2. The SMILES string of the molecule is CCc1ccc(N2CC(CNC(=O)c3ccc(C)cc3)OCC2=O)cc1. The highest BCUT2D eigenvalue weighted by Crippen LogP contribution is 2.19. The van der Waals surface area contributed by atoms with Gasteiger partial charge in [0.25, 0.3) is 11.8 Å². The molecule has 5 nitrogen and oxygen atoms in total. The van der Waals surface area contributed by atoms with E-state index >= 15 is 0 Å². The van der Waals surface area contributed by atoms with E-state index in [9.17, 15) is 9.59 Å². The Morgan fingerprint density at radius 2 is 1.85 bits per heavy atom. The summed E-state index contributed by atoms with van der Waals surface area (Å²) >= 11 is 0. The van der Waals surface area contributed by atoms with E-state index in [4.69, 9.17) is 4.74 Å². The summed E-state index contributed by atoms with van der Waals surface area (Å²) in [5.74, 6) is -0.195. The van der Waals surface area contributed by atoms with E-state index in [2.05, 4.69) is 12.2 Å². The molecule has 1 fully saturated rings. The zero-order valence-electron chi connectivity index (χ0n) is 15.2. The minimum atomic E-state index is -0.229. The third kappa shape index (κ3) is 4.29. The van der Waals surface area contributed by atoms with Gasteiger partial charge in [0.15, 0.2) is 0 Å². The fourth-order valence-electron chi connectivity index (χ4n) is 2.92. The number of rotatable bonds is 5. The molecule has 2 aromatic carbocycles. The molecular formula is C21H24N2O3. The minimum Gasteiger partial charge on any atom is -0.365 e. The quantitative estimate of drug-likeness (QED) is 0.900. The maximum absolute atomic E-state index is 12.2. The molecule has 1 aliphatic heterocycles. The van der Waals surface area contributed by atoms with Crippen molar-refractivity contribution < 1.29 is 14.3 Å². The maximum atomic E-state index is 12.2. The molecule has 1 heterocycles. The Balaban J connectivity index is 1.59. The average Bonchev–Trinajstić information content (AvgIpc) is 2.68. The monoisotopic (exact) mass is 352 g/mol. The summed E-state index contributed by atoms with van der Waals surface area (Å²) < 4.78 is 5.59. The molecule has 5 heteroatoms. The summed E-state index contributed by atoms with van der Waals surface area (Å²) in [4.78, 5) is 26.2. The number of amides is 2. The van der Waals surface area contributed by atoms with Crippen LogP contribution in [0.25, 0.3) is 0 Å². The highest BCUT2D eigenvalue weighted by molar-refractivity contribution is 5.95. The van der Waals surface area contributed by atoms with Crippen molar-refractivity contribution in [2.75, 3.05) is 24.6 Å². The van der Waals surface area contributed by atoms with Gasteiger partial charge < -0.3 is 15.0 Å². The van der Waals surface area contributed by atoms with Gasteiger partial charge in [0.1, 0.15) is 6.61 Å². The van der Waals surface area contributed by atoms with Crippen molar-refractivity contribution in [1.82, 2.24) is 5.32 Å². The molecule has 1 N–H and O–H groups in total. The number of hydrogen-bond acceptors (Lipinski definition) is 3. The zero-order chi connectivity index (χ0) is 18.5. The molecular weight excluding hydrogens is 328 g/mol. The second kappa shape index (κ2) is 8.15. The van der Waals surface area contributed by atoms with Crippen LogP contribution in [0, 0.1) is 6.92 Å². The van der Waals surface area contributed by atoms with Crippen LogP contribution in [0.2, 0.25) is 0 Å². The smallest absolute Gasteiger partial charge is 0.253 e. The molecule has 1 aliphatic rings. The van der Waals surface area contributed by atoms with Crippen LogP contribution in [-0.4, -0.2) is 37.6 Å². The van der Waals surface area contributed by atoms with Gasteiger partial charge in [0.05, 0.1) is 12.6 Å². The summed E-state index contributed by atoms with van der Waals surface area (Å²) in [6.07, 6.45) is 0.735. The van der Waals surface area contributed by atoms with Gasteiger partial charge >= 0.3 is 0 Å². The molecule has 2 aromatic rings. The van der Waals surface area contributed by atoms with Crippen molar-refractivity contribution in [3.63, 3.8) is 0 Å². The fraction of sp³-hybridized carbons (Fsp3) is 0.333. The first-order valence-electron chi connectivity index (χ1n) is 8.92. The van der Waals surface area contributed by atoms with Crippen molar-refractivity contribution in [3.05, 3.63) is 65.2 Å². The number of aryl methyl sites for hydroxylation is 2. The number of nitrogens with one attached hydrogen (secondary N) is 1. The topological polar surface area (TPSA) is 58.6 Å². The van der Waals surface area contributed by atoms with Crippen LogP contribution in [0.3, 0.4) is 0 Å². The first kappa shape index (κ1) is 18.1. The highest BCUT2D eigenvalue weighted by atomic mass is 16.5. The summed E-state index contributed by atoms with van der Waals surface area (Å²) in [5.41, 5.74) is 3.83. The average molecular weight is 352 g/mol. The molecule has 0 radical (unpaired) electrons. The number of ether oxygens (including phenoxy) is 1. The van der Waals surface area contributed by atoms with Crippen molar-refractivity contribution in [2.24, 2.45) is 0 Å². The molecule has 1 atom stereocenters. The normalized spacial score (nSPS) is 17.2. The molecule has 0 saturated carbocycles. The number of carbonyl (C=O) groups is 2. The lowest BCUT2D eigenvalue weighted by molar-refractivity contribution is -0.129. The third-order valence-electron chi connectivity index (χ3n) is 4.59. The van der Waals surface area contributed by atoms with Crippen molar-refractivity contribution in [2.45, 2.75) is 26.4 Å². The lowest BCUT2D eigenvalue weighted by atomic mass is 10.1. The van der Waals surface area contributed by atoms with E-state index < -0.39 is 0 Å². The van der Waals surface area contributed by atoms with Crippen LogP contribution < -0.4 is 10.2 Å². The Bertz CT molecular complexity index is 769. The lowest BCUT2D eigenvalue weighted by Gasteiger charge is -2.33. The van der Waals surface area contributed by atoms with Crippen LogP contribution in [0.1, 0.15) is 28.4 Å². The van der Waals surface area contributed by atoms with Gasteiger partial charge in [0, 0.05) is 17.8 Å². The lowest BCUT2D eigenvalue weighted by Crippen LogP contribution is -2.50. The molecule has 2 amide bonds. The van der Waals surface area contributed by atoms with Crippen LogP contribution in [-0.2, 0) is 16.0 Å². The molecule has 26 heavy (non-hydrogen) atoms. The Labute approximate surface area is 154 Å². The zero-order valence-corrected chi connectivity index (χ0v) is 15.2. The molecule has 0 aliphatic carbocycles. The van der Waals surface area contributed by atoms with Gasteiger partial charge in [-0.25, -0.2) is 0 Å². The Morgan fingerprint density at radius 1 is 1.15 bits per heavy atom. The van der Waals surface area contributed by atoms with Gasteiger partial charge in [-0.05, 0) is 43.2 Å². The van der Waals surface area contributed by atoms with Gasteiger partial charge in [-0.2, -0.15) is 0 Å². The number of nitrogens with zero attached hydrogens (tertiary/aromatic N) is 1. The molecule has 3 rings (SSSR count). The molecule has 1 saturated heterocycles. The second-order valence-electron chi connectivity index (χ2n) is 6.53. The van der Waals surface area contributed by atoms with Crippen molar-refractivity contribution in [3.8, 4) is 0 Å². The molecule has 136 valence electrons. The van der Waals surface area contributed by atoms with Gasteiger partial charge in [0.2, 0.25) is 0 Å². The van der Waals surface area contributed by atoms with Crippen molar-refractivity contribution >= 4 is 17.5 Å². The summed E-state index contributed by atoms with van der Waals surface area (Å²) in [5, 5.41) is 2.89. The van der Waals surface area contributed by atoms with Crippen LogP contribution in [0.15, 0.2) is 48.5 Å². The number of morpholine rings is 1. The number of anilines is 1. The molecule has 1 unspecified atom stereocenters.